The Morgan fingerprint density at radius 2 is 1.70 bits per heavy atom. The number of hydrogen-bond acceptors (Lipinski definition) is 7. The summed E-state index contributed by atoms with van der Waals surface area (Å²) in [5.74, 6) is -0.0967. The summed E-state index contributed by atoms with van der Waals surface area (Å²) >= 11 is 1.50. The molecule has 3 heterocycles. The van der Waals surface area contributed by atoms with Gasteiger partial charge in [0.05, 0.1) is 17.9 Å². The quantitative estimate of drug-likeness (QED) is 0.631. The number of sulfonamides is 1. The van der Waals surface area contributed by atoms with Crippen molar-refractivity contribution >= 4 is 38.9 Å². The van der Waals surface area contributed by atoms with Gasteiger partial charge in [0.25, 0.3) is 0 Å². The van der Waals surface area contributed by atoms with Gasteiger partial charge in [0.15, 0.2) is 0 Å². The van der Waals surface area contributed by atoms with Crippen LogP contribution in [0.5, 0.6) is 0 Å². The molecule has 2 amide bonds. The van der Waals surface area contributed by atoms with Crippen LogP contribution in [0.25, 0.3) is 0 Å². The average Bonchev–Trinajstić information content (AvgIpc) is 3.47. The number of piperazine rings is 1. The molecule has 0 bridgehead atoms. The van der Waals surface area contributed by atoms with Gasteiger partial charge in [0.1, 0.15) is 5.01 Å². The molecule has 178 valence electrons. The number of aryl methyl sites for hydroxylation is 1. The van der Waals surface area contributed by atoms with Crippen LogP contribution in [-0.2, 0) is 26.0 Å². The lowest BCUT2D eigenvalue weighted by molar-refractivity contribution is -0.132. The number of thiazole rings is 1. The maximum absolute atomic E-state index is 12.6. The number of nitrogens with one attached hydrogen (secondary N) is 1. The molecule has 1 aromatic heterocycles. The van der Waals surface area contributed by atoms with Crippen LogP contribution in [0, 0.1) is 6.92 Å². The second-order valence-electron chi connectivity index (χ2n) is 8.40. The zero-order valence-electron chi connectivity index (χ0n) is 18.7. The highest BCUT2D eigenvalue weighted by molar-refractivity contribution is 7.89. The second kappa shape index (κ2) is 10.3. The Morgan fingerprint density at radius 3 is 2.30 bits per heavy atom. The molecule has 0 saturated carbocycles. The molecule has 2 saturated heterocycles. The van der Waals surface area contributed by atoms with Crippen LogP contribution in [-0.4, -0.2) is 85.1 Å². The fourth-order valence-corrected chi connectivity index (χ4v) is 6.35. The SMILES string of the molecule is Cc1csc(CC(=O)N2CCN(CC(=O)Nc3ccc(S(=O)(=O)N4CCCC4)cc3)CC2)n1. The molecule has 0 atom stereocenters. The molecule has 2 aliphatic rings. The number of hydrogen-bond donors (Lipinski definition) is 1. The highest BCUT2D eigenvalue weighted by atomic mass is 32.2. The molecule has 1 N–H and O–H groups in total. The van der Waals surface area contributed by atoms with Crippen molar-refractivity contribution in [2.75, 3.05) is 51.1 Å². The van der Waals surface area contributed by atoms with Crippen molar-refractivity contribution in [1.82, 2.24) is 19.1 Å². The highest BCUT2D eigenvalue weighted by Gasteiger charge is 2.27. The van der Waals surface area contributed by atoms with Crippen LogP contribution in [0.4, 0.5) is 5.69 Å². The van der Waals surface area contributed by atoms with Gasteiger partial charge >= 0.3 is 0 Å². The predicted molar refractivity (Wildman–Crippen MR) is 127 cm³/mol. The van der Waals surface area contributed by atoms with E-state index in [1.54, 1.807) is 12.1 Å². The van der Waals surface area contributed by atoms with Gasteiger partial charge in [-0.2, -0.15) is 4.31 Å². The molecule has 0 unspecified atom stereocenters. The monoisotopic (exact) mass is 491 g/mol. The van der Waals surface area contributed by atoms with Gasteiger partial charge in [-0.25, -0.2) is 13.4 Å². The topological polar surface area (TPSA) is 103 Å². The Hall–Kier alpha value is -2.34. The van der Waals surface area contributed by atoms with E-state index in [-0.39, 0.29) is 23.3 Å². The summed E-state index contributed by atoms with van der Waals surface area (Å²) in [5.41, 5.74) is 1.49. The first-order valence-electron chi connectivity index (χ1n) is 11.1. The Balaban J connectivity index is 1.23. The minimum Gasteiger partial charge on any atom is -0.340 e. The zero-order chi connectivity index (χ0) is 23.4. The third-order valence-corrected chi connectivity index (χ3v) is 8.78. The first-order valence-corrected chi connectivity index (χ1v) is 13.4. The summed E-state index contributed by atoms with van der Waals surface area (Å²) < 4.78 is 26.7. The van der Waals surface area contributed by atoms with Crippen LogP contribution in [0.15, 0.2) is 34.5 Å². The van der Waals surface area contributed by atoms with E-state index in [0.29, 0.717) is 51.4 Å². The average molecular weight is 492 g/mol. The van der Waals surface area contributed by atoms with Gasteiger partial charge in [-0.3, -0.25) is 14.5 Å². The molecular weight excluding hydrogens is 462 g/mol. The van der Waals surface area contributed by atoms with Gasteiger partial charge in [-0.05, 0) is 44.0 Å². The summed E-state index contributed by atoms with van der Waals surface area (Å²) in [4.78, 5) is 33.4. The third-order valence-electron chi connectivity index (χ3n) is 5.90. The van der Waals surface area contributed by atoms with E-state index in [9.17, 15) is 18.0 Å². The molecule has 1 aromatic carbocycles. The van der Waals surface area contributed by atoms with E-state index in [1.165, 1.54) is 27.8 Å². The van der Waals surface area contributed by atoms with E-state index < -0.39 is 10.0 Å². The summed E-state index contributed by atoms with van der Waals surface area (Å²) in [6.07, 6.45) is 2.10. The summed E-state index contributed by atoms with van der Waals surface area (Å²) in [7, 11) is -3.46. The predicted octanol–water partition coefficient (Wildman–Crippen LogP) is 1.56. The Morgan fingerprint density at radius 1 is 1.03 bits per heavy atom. The lowest BCUT2D eigenvalue weighted by Gasteiger charge is -2.34. The fourth-order valence-electron chi connectivity index (χ4n) is 4.07. The maximum Gasteiger partial charge on any atom is 0.243 e. The number of nitrogens with zero attached hydrogens (tertiary/aromatic N) is 4. The first-order chi connectivity index (χ1) is 15.8. The lowest BCUT2D eigenvalue weighted by atomic mass is 10.2. The Labute approximate surface area is 198 Å². The molecule has 4 rings (SSSR count). The minimum absolute atomic E-state index is 0.0671. The van der Waals surface area contributed by atoms with Crippen LogP contribution >= 0.6 is 11.3 Å². The molecule has 0 radical (unpaired) electrons. The van der Waals surface area contributed by atoms with Crippen LogP contribution < -0.4 is 5.32 Å². The highest BCUT2D eigenvalue weighted by Crippen LogP contribution is 2.22. The van der Waals surface area contributed by atoms with Crippen LogP contribution in [0.1, 0.15) is 23.5 Å². The van der Waals surface area contributed by atoms with Crippen molar-refractivity contribution in [2.45, 2.75) is 31.1 Å². The molecule has 0 spiro atoms. The number of rotatable bonds is 7. The smallest absolute Gasteiger partial charge is 0.243 e. The van der Waals surface area contributed by atoms with E-state index in [1.807, 2.05) is 22.1 Å². The fraction of sp³-hybridized carbons (Fsp3) is 0.500. The van der Waals surface area contributed by atoms with Crippen molar-refractivity contribution < 1.29 is 18.0 Å². The molecule has 2 aliphatic heterocycles. The lowest BCUT2D eigenvalue weighted by Crippen LogP contribution is -2.50. The van der Waals surface area contributed by atoms with Gasteiger partial charge in [-0.1, -0.05) is 0 Å². The van der Waals surface area contributed by atoms with Crippen molar-refractivity contribution in [2.24, 2.45) is 0 Å². The number of carbonyl (C=O) groups excluding carboxylic acids is 2. The number of benzene rings is 1. The third kappa shape index (κ3) is 5.97. The minimum atomic E-state index is -3.46. The van der Waals surface area contributed by atoms with Crippen molar-refractivity contribution in [3.63, 3.8) is 0 Å². The molecule has 2 aromatic rings. The van der Waals surface area contributed by atoms with Crippen molar-refractivity contribution in [1.29, 1.82) is 0 Å². The number of anilines is 1. The molecule has 0 aliphatic carbocycles. The van der Waals surface area contributed by atoms with Crippen molar-refractivity contribution in [3.05, 3.63) is 40.3 Å². The number of aromatic nitrogens is 1. The molecule has 11 heteroatoms. The van der Waals surface area contributed by atoms with E-state index in [0.717, 1.165) is 23.5 Å². The van der Waals surface area contributed by atoms with E-state index in [4.69, 9.17) is 0 Å². The first kappa shape index (κ1) is 23.8. The van der Waals surface area contributed by atoms with Gasteiger partial charge < -0.3 is 10.2 Å². The standard InChI is InChI=1S/C22H29N5O4S2/c1-17-16-32-21(23-17)14-22(29)26-12-10-25(11-13-26)15-20(28)24-18-4-6-19(7-5-18)33(30,31)27-8-2-3-9-27/h4-7,16H,2-3,8-15H2,1H3,(H,24,28). The summed E-state index contributed by atoms with van der Waals surface area (Å²) in [6.45, 7) is 5.68. The maximum atomic E-state index is 12.6. The van der Waals surface area contributed by atoms with Gasteiger partial charge in [0.2, 0.25) is 21.8 Å². The zero-order valence-corrected chi connectivity index (χ0v) is 20.3. The van der Waals surface area contributed by atoms with Gasteiger partial charge in [-0.15, -0.1) is 11.3 Å². The second-order valence-corrected chi connectivity index (χ2v) is 11.3. The van der Waals surface area contributed by atoms with E-state index >= 15 is 0 Å². The van der Waals surface area contributed by atoms with Gasteiger partial charge in [0, 0.05) is 56.0 Å². The summed E-state index contributed by atoms with van der Waals surface area (Å²) in [5, 5.41) is 5.61. The molecule has 33 heavy (non-hydrogen) atoms. The Bertz CT molecular complexity index is 1090. The summed E-state index contributed by atoms with van der Waals surface area (Å²) in [6, 6.07) is 6.32. The largest absolute Gasteiger partial charge is 0.340 e. The Kier molecular flexibility index (Phi) is 7.42. The van der Waals surface area contributed by atoms with Crippen LogP contribution in [0.2, 0.25) is 0 Å². The molecule has 2 fully saturated rings. The normalized spacial score (nSPS) is 17.9. The number of amides is 2. The van der Waals surface area contributed by atoms with Crippen LogP contribution in [0.3, 0.4) is 0 Å². The van der Waals surface area contributed by atoms with E-state index in [2.05, 4.69) is 10.3 Å². The number of carbonyl (C=O) groups is 2. The van der Waals surface area contributed by atoms with Crippen molar-refractivity contribution in [3.8, 4) is 0 Å². The molecular formula is C22H29N5O4S2. The molecule has 9 nitrogen and oxygen atoms in total.